The van der Waals surface area contributed by atoms with Gasteiger partial charge in [-0.15, -0.1) is 95.9 Å². The second-order valence-corrected chi connectivity index (χ2v) is 8.50. The quantitative estimate of drug-likeness (QED) is 0.249. The van der Waals surface area contributed by atoms with Crippen LogP contribution in [0, 0.1) is 0 Å². The van der Waals surface area contributed by atoms with Crippen LogP contribution in [0.4, 0.5) is 0 Å². The summed E-state index contributed by atoms with van der Waals surface area (Å²) in [5.41, 5.74) is 3.23. The van der Waals surface area contributed by atoms with Gasteiger partial charge >= 0.3 is 0 Å². The van der Waals surface area contributed by atoms with E-state index in [1.807, 2.05) is 0 Å². The Balaban J connectivity index is -0.00000144. The lowest BCUT2D eigenvalue weighted by molar-refractivity contribution is -0.727. The Morgan fingerprint density at radius 2 is 0.815 bits per heavy atom. The number of pyridine rings is 2. The summed E-state index contributed by atoms with van der Waals surface area (Å²) in [6, 6.07) is 8.97. The molecular weight excluding hydrogens is 788 g/mol. The SMILES string of the molecule is CC(C)(C)c1cc[n+](CCC[n+]2ccc(C(C)(C)C)cc2)cc1.I.I.I.I. The van der Waals surface area contributed by atoms with Crippen molar-refractivity contribution in [1.29, 1.82) is 0 Å². The van der Waals surface area contributed by atoms with Crippen molar-refractivity contribution in [3.63, 3.8) is 0 Å². The van der Waals surface area contributed by atoms with Gasteiger partial charge in [-0.2, -0.15) is 0 Å². The maximum atomic E-state index is 2.28. The summed E-state index contributed by atoms with van der Waals surface area (Å²) in [6.45, 7) is 15.6. The van der Waals surface area contributed by atoms with Gasteiger partial charge in [0.2, 0.25) is 0 Å². The molecule has 2 aromatic rings. The fraction of sp³-hybridized carbons (Fsp3) is 0.524. The lowest BCUT2D eigenvalue weighted by Gasteiger charge is -2.17. The third-order valence-corrected chi connectivity index (χ3v) is 4.35. The number of rotatable bonds is 4. The number of aromatic nitrogens is 2. The molecular formula is C21H36I4N2+2. The van der Waals surface area contributed by atoms with Crippen LogP contribution in [0.25, 0.3) is 0 Å². The number of halogens is 4. The van der Waals surface area contributed by atoms with Gasteiger partial charge in [0.25, 0.3) is 0 Å². The topological polar surface area (TPSA) is 7.76 Å². The minimum Gasteiger partial charge on any atom is -0.205 e. The van der Waals surface area contributed by atoms with Gasteiger partial charge in [0.05, 0.1) is 6.42 Å². The summed E-state index contributed by atoms with van der Waals surface area (Å²) in [5, 5.41) is 0. The van der Waals surface area contributed by atoms with Gasteiger partial charge in [-0.3, -0.25) is 0 Å². The Kier molecular flexibility index (Phi) is 17.4. The summed E-state index contributed by atoms with van der Waals surface area (Å²) in [7, 11) is 0. The number of aryl methyl sites for hydroxylation is 2. The molecule has 0 aliphatic rings. The predicted octanol–water partition coefficient (Wildman–Crippen LogP) is 6.42. The summed E-state index contributed by atoms with van der Waals surface area (Å²) in [4.78, 5) is 0. The smallest absolute Gasteiger partial charge is 0.169 e. The van der Waals surface area contributed by atoms with Crippen LogP contribution in [-0.4, -0.2) is 0 Å². The van der Waals surface area contributed by atoms with Crippen molar-refractivity contribution in [2.24, 2.45) is 0 Å². The minimum absolute atomic E-state index is 0. The van der Waals surface area contributed by atoms with Crippen molar-refractivity contribution in [3.05, 3.63) is 60.2 Å². The zero-order chi connectivity index (χ0) is 17.1. The van der Waals surface area contributed by atoms with Crippen LogP contribution in [0.5, 0.6) is 0 Å². The molecule has 0 fully saturated rings. The molecule has 27 heavy (non-hydrogen) atoms. The van der Waals surface area contributed by atoms with E-state index in [0.717, 1.165) is 19.5 Å². The minimum atomic E-state index is 0. The number of nitrogens with zero attached hydrogens (tertiary/aromatic N) is 2. The van der Waals surface area contributed by atoms with E-state index in [2.05, 4.69) is 99.7 Å². The highest BCUT2D eigenvalue weighted by atomic mass is 127. The zero-order valence-electron chi connectivity index (χ0n) is 17.3. The zero-order valence-corrected chi connectivity index (χ0v) is 26.6. The third-order valence-electron chi connectivity index (χ3n) is 4.35. The standard InChI is InChI=1S/C21H32N2.4HI/c1-20(2,3)18-8-14-22(15-9-18)12-7-13-23-16-10-19(11-17-23)21(4,5)6;;;;/h8-11,14-17H,7,12-13H2,1-6H3;4*1H/q+2;;;;. The number of hydrogen-bond acceptors (Lipinski definition) is 0. The Bertz CT molecular complexity index is 570. The van der Waals surface area contributed by atoms with Gasteiger partial charge in [0, 0.05) is 24.3 Å². The highest BCUT2D eigenvalue weighted by Crippen LogP contribution is 2.20. The van der Waals surface area contributed by atoms with Gasteiger partial charge in [-0.05, 0) is 22.0 Å². The van der Waals surface area contributed by atoms with E-state index in [4.69, 9.17) is 0 Å². The molecule has 2 heterocycles. The molecule has 6 heteroatoms. The van der Waals surface area contributed by atoms with Gasteiger partial charge < -0.3 is 0 Å². The van der Waals surface area contributed by atoms with Crippen LogP contribution in [-0.2, 0) is 23.9 Å². The van der Waals surface area contributed by atoms with Crippen LogP contribution >= 0.6 is 95.9 Å². The van der Waals surface area contributed by atoms with Crippen LogP contribution in [0.2, 0.25) is 0 Å². The molecule has 156 valence electrons. The Labute approximate surface area is 234 Å². The van der Waals surface area contributed by atoms with Gasteiger partial charge in [-0.1, -0.05) is 41.5 Å². The van der Waals surface area contributed by atoms with Gasteiger partial charge in [0.1, 0.15) is 0 Å². The highest BCUT2D eigenvalue weighted by molar-refractivity contribution is 14.0. The normalized spacial score (nSPS) is 10.6. The molecule has 2 nitrogen and oxygen atoms in total. The van der Waals surface area contributed by atoms with Crippen LogP contribution < -0.4 is 9.13 Å². The first-order chi connectivity index (χ1) is 10.7. The molecule has 0 amide bonds. The molecule has 0 aromatic carbocycles. The first-order valence-electron chi connectivity index (χ1n) is 8.65. The first kappa shape index (κ1) is 32.9. The third kappa shape index (κ3) is 11.3. The van der Waals surface area contributed by atoms with Crippen molar-refractivity contribution >= 4 is 95.9 Å². The van der Waals surface area contributed by atoms with Crippen molar-refractivity contribution < 1.29 is 9.13 Å². The van der Waals surface area contributed by atoms with Crippen molar-refractivity contribution in [2.75, 3.05) is 0 Å². The van der Waals surface area contributed by atoms with Gasteiger partial charge in [-0.25, -0.2) is 9.13 Å². The van der Waals surface area contributed by atoms with E-state index in [9.17, 15) is 0 Å². The average Bonchev–Trinajstić information content (AvgIpc) is 2.46. The van der Waals surface area contributed by atoms with E-state index in [-0.39, 0.29) is 107 Å². The van der Waals surface area contributed by atoms with E-state index < -0.39 is 0 Å². The van der Waals surface area contributed by atoms with E-state index >= 15 is 0 Å². The molecule has 0 aliphatic carbocycles. The lowest BCUT2D eigenvalue weighted by Crippen LogP contribution is -2.38. The molecule has 0 aliphatic heterocycles. The second kappa shape index (κ2) is 14.3. The monoisotopic (exact) mass is 824 g/mol. The maximum absolute atomic E-state index is 2.28. The molecule has 0 N–H and O–H groups in total. The van der Waals surface area contributed by atoms with Crippen molar-refractivity contribution in [1.82, 2.24) is 0 Å². The van der Waals surface area contributed by atoms with E-state index in [0.29, 0.717) is 0 Å². The molecule has 0 bridgehead atoms. The van der Waals surface area contributed by atoms with Crippen molar-refractivity contribution in [3.8, 4) is 0 Å². The molecule has 2 rings (SSSR count). The molecule has 0 unspecified atom stereocenters. The molecule has 0 atom stereocenters. The molecule has 0 spiro atoms. The maximum Gasteiger partial charge on any atom is 0.169 e. The van der Waals surface area contributed by atoms with E-state index in [1.54, 1.807) is 0 Å². The largest absolute Gasteiger partial charge is 0.205 e. The summed E-state index contributed by atoms with van der Waals surface area (Å²) >= 11 is 0. The Morgan fingerprint density at radius 3 is 1.04 bits per heavy atom. The fourth-order valence-corrected chi connectivity index (χ4v) is 2.65. The lowest BCUT2D eigenvalue weighted by atomic mass is 9.88. The van der Waals surface area contributed by atoms with Crippen LogP contribution in [0.3, 0.4) is 0 Å². The Morgan fingerprint density at radius 1 is 0.556 bits per heavy atom. The summed E-state index contributed by atoms with van der Waals surface area (Å²) in [6.07, 6.45) is 9.95. The molecule has 0 saturated carbocycles. The predicted molar refractivity (Wildman–Crippen MR) is 157 cm³/mol. The number of hydrogen-bond donors (Lipinski definition) is 0. The molecule has 0 radical (unpaired) electrons. The van der Waals surface area contributed by atoms with Crippen LogP contribution in [0.15, 0.2) is 49.1 Å². The van der Waals surface area contributed by atoms with Crippen molar-refractivity contribution in [2.45, 2.75) is 71.9 Å². The first-order valence-corrected chi connectivity index (χ1v) is 8.65. The molecule has 0 saturated heterocycles. The van der Waals surface area contributed by atoms with Crippen LogP contribution in [0.1, 0.15) is 59.1 Å². The Hall–Kier alpha value is 1.22. The van der Waals surface area contributed by atoms with E-state index in [1.165, 1.54) is 11.1 Å². The average molecular weight is 824 g/mol. The molecule has 2 aromatic heterocycles. The highest BCUT2D eigenvalue weighted by Gasteiger charge is 2.16. The fourth-order valence-electron chi connectivity index (χ4n) is 2.65. The summed E-state index contributed by atoms with van der Waals surface area (Å²) < 4.78 is 4.55. The summed E-state index contributed by atoms with van der Waals surface area (Å²) in [5.74, 6) is 0. The van der Waals surface area contributed by atoms with Gasteiger partial charge in [0.15, 0.2) is 37.9 Å². The second-order valence-electron chi connectivity index (χ2n) is 8.50.